The summed E-state index contributed by atoms with van der Waals surface area (Å²) in [6.45, 7) is 5.10. The molecule has 2 N–H and O–H groups in total. The highest BCUT2D eigenvalue weighted by molar-refractivity contribution is 6.42. The summed E-state index contributed by atoms with van der Waals surface area (Å²) in [4.78, 5) is 14.1. The second kappa shape index (κ2) is 6.91. The molecule has 1 heterocycles. The molecule has 5 nitrogen and oxygen atoms in total. The number of halogens is 2. The first-order valence-corrected chi connectivity index (χ1v) is 7.96. The van der Waals surface area contributed by atoms with E-state index >= 15 is 0 Å². The van der Waals surface area contributed by atoms with Crippen molar-refractivity contribution in [3.63, 3.8) is 0 Å². The van der Waals surface area contributed by atoms with Crippen molar-refractivity contribution in [3.05, 3.63) is 46.2 Å². The van der Waals surface area contributed by atoms with E-state index in [-0.39, 0.29) is 11.3 Å². The second-order valence-electron chi connectivity index (χ2n) is 6.27. The van der Waals surface area contributed by atoms with Crippen molar-refractivity contribution in [2.75, 3.05) is 20.1 Å². The van der Waals surface area contributed by atoms with Crippen molar-refractivity contribution in [2.24, 2.45) is 11.1 Å². The molecular weight excluding hydrogens is 335 g/mol. The van der Waals surface area contributed by atoms with E-state index in [1.807, 2.05) is 13.8 Å². The van der Waals surface area contributed by atoms with Crippen LogP contribution in [0.3, 0.4) is 0 Å². The molecule has 1 aromatic heterocycles. The number of aromatic nitrogens is 2. The van der Waals surface area contributed by atoms with Gasteiger partial charge in [-0.1, -0.05) is 37.0 Å². The molecule has 1 amide bonds. The average molecular weight is 355 g/mol. The van der Waals surface area contributed by atoms with Crippen LogP contribution < -0.4 is 5.73 Å². The summed E-state index contributed by atoms with van der Waals surface area (Å²) in [5.41, 5.74) is 6.68. The summed E-state index contributed by atoms with van der Waals surface area (Å²) in [6.07, 6.45) is 1.72. The number of nitrogens with two attached hydrogens (primary N) is 1. The van der Waals surface area contributed by atoms with Crippen LogP contribution in [0.15, 0.2) is 30.5 Å². The van der Waals surface area contributed by atoms with Crippen molar-refractivity contribution in [3.8, 4) is 5.69 Å². The van der Waals surface area contributed by atoms with Crippen LogP contribution >= 0.6 is 23.2 Å². The zero-order chi connectivity index (χ0) is 17.2. The number of amides is 1. The minimum Gasteiger partial charge on any atom is -0.340 e. The third-order valence-corrected chi connectivity index (χ3v) is 4.28. The maximum atomic E-state index is 12.5. The fourth-order valence-corrected chi connectivity index (χ4v) is 2.48. The number of benzene rings is 1. The monoisotopic (exact) mass is 354 g/mol. The first kappa shape index (κ1) is 17.8. The number of hydrogen-bond donors (Lipinski definition) is 1. The quantitative estimate of drug-likeness (QED) is 0.896. The molecule has 0 aliphatic rings. The van der Waals surface area contributed by atoms with Crippen LogP contribution in [0, 0.1) is 5.41 Å². The van der Waals surface area contributed by atoms with E-state index in [1.165, 1.54) is 0 Å². The number of rotatable bonds is 5. The van der Waals surface area contributed by atoms with Crippen molar-refractivity contribution in [2.45, 2.75) is 13.8 Å². The number of carbonyl (C=O) groups is 1. The fourth-order valence-electron chi connectivity index (χ4n) is 2.18. The lowest BCUT2D eigenvalue weighted by atomic mass is 9.93. The van der Waals surface area contributed by atoms with E-state index < -0.39 is 0 Å². The molecule has 0 spiro atoms. The van der Waals surface area contributed by atoms with Crippen molar-refractivity contribution in [1.29, 1.82) is 0 Å². The zero-order valence-corrected chi connectivity index (χ0v) is 14.9. The topological polar surface area (TPSA) is 64.2 Å². The Morgan fingerprint density at radius 3 is 2.61 bits per heavy atom. The van der Waals surface area contributed by atoms with E-state index in [0.717, 1.165) is 5.69 Å². The molecule has 2 rings (SSSR count). The summed E-state index contributed by atoms with van der Waals surface area (Å²) in [7, 11) is 1.75. The van der Waals surface area contributed by atoms with Gasteiger partial charge in [-0.05, 0) is 36.2 Å². The lowest BCUT2D eigenvalue weighted by molar-refractivity contribution is 0.0734. The van der Waals surface area contributed by atoms with Crippen molar-refractivity contribution in [1.82, 2.24) is 14.7 Å². The number of nitrogens with zero attached hydrogens (tertiary/aromatic N) is 3. The molecule has 0 aliphatic carbocycles. The third kappa shape index (κ3) is 4.25. The van der Waals surface area contributed by atoms with E-state index in [1.54, 1.807) is 47.1 Å². The Labute approximate surface area is 146 Å². The SMILES string of the molecule is CN(CC(C)(C)CN)C(=O)c1ccn(-c2ccc(Cl)c(Cl)c2)n1. The highest BCUT2D eigenvalue weighted by Gasteiger charge is 2.23. The van der Waals surface area contributed by atoms with Crippen molar-refractivity contribution >= 4 is 29.1 Å². The minimum absolute atomic E-state index is 0.142. The van der Waals surface area contributed by atoms with Gasteiger partial charge in [0.15, 0.2) is 5.69 Å². The predicted octanol–water partition coefficient (Wildman–Crippen LogP) is 3.24. The van der Waals surface area contributed by atoms with Crippen LogP contribution in [0.25, 0.3) is 5.69 Å². The van der Waals surface area contributed by atoms with Gasteiger partial charge in [0, 0.05) is 19.8 Å². The molecule has 1 aromatic carbocycles. The Bertz CT molecular complexity index is 712. The summed E-state index contributed by atoms with van der Waals surface area (Å²) in [6, 6.07) is 6.86. The molecule has 2 aromatic rings. The zero-order valence-electron chi connectivity index (χ0n) is 13.4. The van der Waals surface area contributed by atoms with Gasteiger partial charge in [0.1, 0.15) is 0 Å². The highest BCUT2D eigenvalue weighted by atomic mass is 35.5. The van der Waals surface area contributed by atoms with Gasteiger partial charge >= 0.3 is 0 Å². The van der Waals surface area contributed by atoms with Gasteiger partial charge in [0.25, 0.3) is 5.91 Å². The Morgan fingerprint density at radius 2 is 2.00 bits per heavy atom. The van der Waals surface area contributed by atoms with Gasteiger partial charge in [0.2, 0.25) is 0 Å². The first-order valence-electron chi connectivity index (χ1n) is 7.20. The maximum Gasteiger partial charge on any atom is 0.274 e. The first-order chi connectivity index (χ1) is 10.7. The smallest absolute Gasteiger partial charge is 0.274 e. The molecule has 0 unspecified atom stereocenters. The molecule has 0 atom stereocenters. The highest BCUT2D eigenvalue weighted by Crippen LogP contribution is 2.24. The van der Waals surface area contributed by atoms with E-state index in [2.05, 4.69) is 5.10 Å². The molecule has 0 aliphatic heterocycles. The molecule has 0 fully saturated rings. The Kier molecular flexibility index (Phi) is 5.34. The average Bonchev–Trinajstić information content (AvgIpc) is 2.98. The second-order valence-corrected chi connectivity index (χ2v) is 7.09. The summed E-state index contributed by atoms with van der Waals surface area (Å²) in [5, 5.41) is 5.23. The molecule has 0 radical (unpaired) electrons. The molecule has 7 heteroatoms. The van der Waals surface area contributed by atoms with Crippen LogP contribution in [0.5, 0.6) is 0 Å². The standard InChI is InChI=1S/C16H20Cl2N4O/c1-16(2,9-19)10-21(3)15(23)14-6-7-22(20-14)11-4-5-12(17)13(18)8-11/h4-8H,9-10,19H2,1-3H3. The maximum absolute atomic E-state index is 12.5. The van der Waals surface area contributed by atoms with Crippen LogP contribution in [0.1, 0.15) is 24.3 Å². The number of hydrogen-bond acceptors (Lipinski definition) is 3. The van der Waals surface area contributed by atoms with Gasteiger partial charge < -0.3 is 10.6 Å². The lowest BCUT2D eigenvalue weighted by Crippen LogP contribution is -2.39. The largest absolute Gasteiger partial charge is 0.340 e. The van der Waals surface area contributed by atoms with Crippen LogP contribution in [-0.2, 0) is 0 Å². The summed E-state index contributed by atoms with van der Waals surface area (Å²) in [5.74, 6) is -0.148. The van der Waals surface area contributed by atoms with Gasteiger partial charge in [-0.15, -0.1) is 0 Å². The normalized spacial score (nSPS) is 11.6. The van der Waals surface area contributed by atoms with Gasteiger partial charge in [0.05, 0.1) is 15.7 Å². The molecule has 0 saturated carbocycles. The summed E-state index contributed by atoms with van der Waals surface area (Å²) < 4.78 is 1.59. The van der Waals surface area contributed by atoms with Gasteiger partial charge in [-0.25, -0.2) is 4.68 Å². The third-order valence-electron chi connectivity index (χ3n) is 3.54. The van der Waals surface area contributed by atoms with E-state index in [4.69, 9.17) is 28.9 Å². The predicted molar refractivity (Wildman–Crippen MR) is 93.4 cm³/mol. The Morgan fingerprint density at radius 1 is 1.30 bits per heavy atom. The van der Waals surface area contributed by atoms with Gasteiger partial charge in [-0.2, -0.15) is 5.10 Å². The number of carbonyl (C=O) groups excluding carboxylic acids is 1. The minimum atomic E-state index is -0.148. The van der Waals surface area contributed by atoms with Crippen molar-refractivity contribution < 1.29 is 4.79 Å². The van der Waals surface area contributed by atoms with Crippen LogP contribution in [-0.4, -0.2) is 40.7 Å². The summed E-state index contributed by atoms with van der Waals surface area (Å²) >= 11 is 11.9. The molecule has 0 bridgehead atoms. The van der Waals surface area contributed by atoms with Crippen LogP contribution in [0.4, 0.5) is 0 Å². The van der Waals surface area contributed by atoms with E-state index in [9.17, 15) is 4.79 Å². The Hall–Kier alpha value is -1.56. The van der Waals surface area contributed by atoms with Gasteiger partial charge in [-0.3, -0.25) is 4.79 Å². The molecule has 23 heavy (non-hydrogen) atoms. The van der Waals surface area contributed by atoms with E-state index in [0.29, 0.717) is 28.8 Å². The Balaban J connectivity index is 2.18. The fraction of sp³-hybridized carbons (Fsp3) is 0.375. The molecule has 0 saturated heterocycles. The molecule has 124 valence electrons. The van der Waals surface area contributed by atoms with Crippen LogP contribution in [0.2, 0.25) is 10.0 Å². The molecular formula is C16H20Cl2N4O. The lowest BCUT2D eigenvalue weighted by Gasteiger charge is -2.28.